The molecular formula is C24H32O6. The SMILES string of the molecule is CC1=C2C(=O)C34C2C1CCC3C12COC4(OC(C)(C)O)C(O)C1C(C)(C)CCC2=O. The van der Waals surface area contributed by atoms with E-state index in [2.05, 4.69) is 13.8 Å². The first-order valence-corrected chi connectivity index (χ1v) is 11.4. The van der Waals surface area contributed by atoms with E-state index in [1.54, 1.807) is 0 Å². The highest BCUT2D eigenvalue weighted by molar-refractivity contribution is 6.13. The Labute approximate surface area is 177 Å². The fourth-order valence-corrected chi connectivity index (χ4v) is 9.09. The van der Waals surface area contributed by atoms with E-state index in [9.17, 15) is 19.8 Å². The summed E-state index contributed by atoms with van der Waals surface area (Å²) in [7, 11) is 0. The molecule has 0 aromatic carbocycles. The lowest BCUT2D eigenvalue weighted by atomic mass is 9.25. The second-order valence-corrected chi connectivity index (χ2v) is 11.9. The predicted molar refractivity (Wildman–Crippen MR) is 106 cm³/mol. The molecule has 0 aromatic heterocycles. The van der Waals surface area contributed by atoms with Crippen molar-refractivity contribution in [2.24, 2.45) is 39.9 Å². The molecule has 8 atom stereocenters. The van der Waals surface area contributed by atoms with Crippen LogP contribution in [0.5, 0.6) is 0 Å². The van der Waals surface area contributed by atoms with Gasteiger partial charge in [-0.2, -0.15) is 0 Å². The Morgan fingerprint density at radius 1 is 1.20 bits per heavy atom. The van der Waals surface area contributed by atoms with E-state index in [0.717, 1.165) is 24.0 Å². The van der Waals surface area contributed by atoms with E-state index in [0.29, 0.717) is 12.8 Å². The molecular weight excluding hydrogens is 384 g/mol. The maximum atomic E-state index is 13.8. The minimum Gasteiger partial charge on any atom is -0.387 e. The fraction of sp³-hybridized carbons (Fsp3) is 0.833. The summed E-state index contributed by atoms with van der Waals surface area (Å²) >= 11 is 0. The molecule has 2 bridgehead atoms. The van der Waals surface area contributed by atoms with Gasteiger partial charge in [-0.25, -0.2) is 0 Å². The third-order valence-corrected chi connectivity index (χ3v) is 9.86. The first-order chi connectivity index (χ1) is 13.9. The zero-order valence-corrected chi connectivity index (χ0v) is 18.4. The van der Waals surface area contributed by atoms with Crippen molar-refractivity contribution in [2.45, 2.75) is 78.0 Å². The zero-order valence-electron chi connectivity index (χ0n) is 18.4. The molecule has 5 aliphatic carbocycles. The fourth-order valence-electron chi connectivity index (χ4n) is 9.09. The molecule has 0 radical (unpaired) electrons. The van der Waals surface area contributed by atoms with Gasteiger partial charge >= 0.3 is 0 Å². The van der Waals surface area contributed by atoms with Gasteiger partial charge in [0.25, 0.3) is 0 Å². The van der Waals surface area contributed by atoms with Crippen molar-refractivity contribution >= 4 is 11.6 Å². The van der Waals surface area contributed by atoms with Crippen molar-refractivity contribution < 1.29 is 29.3 Å². The van der Waals surface area contributed by atoms with Crippen LogP contribution in [0, 0.1) is 39.9 Å². The third kappa shape index (κ3) is 1.67. The van der Waals surface area contributed by atoms with Gasteiger partial charge in [0, 0.05) is 23.8 Å². The summed E-state index contributed by atoms with van der Waals surface area (Å²) in [6.07, 6.45) is 1.70. The Kier molecular flexibility index (Phi) is 3.34. The number of aliphatic hydroxyl groups is 2. The molecule has 30 heavy (non-hydrogen) atoms. The molecule has 0 aromatic rings. The molecule has 164 valence electrons. The van der Waals surface area contributed by atoms with Gasteiger partial charge in [-0.05, 0) is 57.3 Å². The number of hydrogen-bond acceptors (Lipinski definition) is 6. The Morgan fingerprint density at radius 3 is 2.57 bits per heavy atom. The maximum absolute atomic E-state index is 13.8. The molecule has 6 heteroatoms. The van der Waals surface area contributed by atoms with E-state index < -0.39 is 28.5 Å². The standard InChI is InChI=1S/C24H32O6/c1-11-12-6-7-13-22-10-29-24(30-21(4,5)28,23(13)16(12)15(11)18(23)26)19(27)17(22)20(2,3)9-8-14(22)25/h12-13,16-17,19,27-28H,6-10H2,1-5H3. The largest absolute Gasteiger partial charge is 0.387 e. The lowest BCUT2D eigenvalue weighted by molar-refractivity contribution is -0.485. The second kappa shape index (κ2) is 5.11. The summed E-state index contributed by atoms with van der Waals surface area (Å²) in [6, 6.07) is 0. The van der Waals surface area contributed by atoms with Crippen molar-refractivity contribution in [3.63, 3.8) is 0 Å². The zero-order chi connectivity index (χ0) is 21.6. The molecule has 4 saturated carbocycles. The lowest BCUT2D eigenvalue weighted by Crippen LogP contribution is -2.90. The number of rotatable bonds is 2. The number of Topliss-reactive ketones (excluding diaryl/α,β-unsaturated/α-hetero) is 2. The number of aliphatic hydroxyl groups excluding tert-OH is 1. The van der Waals surface area contributed by atoms with Crippen molar-refractivity contribution in [1.82, 2.24) is 0 Å². The predicted octanol–water partition coefficient (Wildman–Crippen LogP) is 2.37. The summed E-state index contributed by atoms with van der Waals surface area (Å²) in [5, 5.41) is 22.6. The van der Waals surface area contributed by atoms with Crippen LogP contribution in [0.4, 0.5) is 0 Å². The topological polar surface area (TPSA) is 93.1 Å². The molecule has 6 nitrogen and oxygen atoms in total. The molecule has 2 saturated heterocycles. The molecule has 8 unspecified atom stereocenters. The number of fused-ring (bicyclic) bond motifs is 1. The third-order valence-electron chi connectivity index (χ3n) is 9.86. The van der Waals surface area contributed by atoms with Crippen LogP contribution >= 0.6 is 0 Å². The molecule has 2 heterocycles. The van der Waals surface area contributed by atoms with E-state index >= 15 is 0 Å². The van der Waals surface area contributed by atoms with Crippen molar-refractivity contribution in [3.8, 4) is 0 Å². The van der Waals surface area contributed by atoms with Crippen LogP contribution in [0.3, 0.4) is 0 Å². The second-order valence-electron chi connectivity index (χ2n) is 11.9. The Bertz CT molecular complexity index is 926. The van der Waals surface area contributed by atoms with Crippen molar-refractivity contribution in [2.75, 3.05) is 6.61 Å². The van der Waals surface area contributed by atoms with Gasteiger partial charge in [0.15, 0.2) is 11.6 Å². The van der Waals surface area contributed by atoms with Gasteiger partial charge in [0.1, 0.15) is 17.3 Å². The number of carbonyl (C=O) groups excluding carboxylic acids is 2. The average molecular weight is 417 g/mol. The van der Waals surface area contributed by atoms with Crippen LogP contribution in [-0.4, -0.2) is 46.1 Å². The highest BCUT2D eigenvalue weighted by atomic mass is 16.8. The van der Waals surface area contributed by atoms with Gasteiger partial charge in [-0.15, -0.1) is 0 Å². The molecule has 7 rings (SSSR count). The first-order valence-electron chi connectivity index (χ1n) is 11.4. The van der Waals surface area contributed by atoms with Crippen LogP contribution < -0.4 is 0 Å². The normalized spacial score (nSPS) is 52.8. The summed E-state index contributed by atoms with van der Waals surface area (Å²) in [6.45, 7) is 9.43. The van der Waals surface area contributed by atoms with Crippen LogP contribution in [0.15, 0.2) is 11.1 Å². The molecule has 0 amide bonds. The molecule has 2 aliphatic heterocycles. The molecule has 6 fully saturated rings. The summed E-state index contributed by atoms with van der Waals surface area (Å²) in [4.78, 5) is 27.5. The van der Waals surface area contributed by atoms with Crippen LogP contribution in [0.1, 0.15) is 60.3 Å². The summed E-state index contributed by atoms with van der Waals surface area (Å²) in [5.41, 5.74) is -0.246. The van der Waals surface area contributed by atoms with Gasteiger partial charge < -0.3 is 19.7 Å². The van der Waals surface area contributed by atoms with Crippen molar-refractivity contribution in [1.29, 1.82) is 0 Å². The number of ether oxygens (including phenoxy) is 2. The summed E-state index contributed by atoms with van der Waals surface area (Å²) in [5.74, 6) is -3.46. The highest BCUT2D eigenvalue weighted by Crippen LogP contribution is 2.82. The minimum atomic E-state index is -1.62. The van der Waals surface area contributed by atoms with Gasteiger partial charge in [-0.3, -0.25) is 9.59 Å². The summed E-state index contributed by atoms with van der Waals surface area (Å²) < 4.78 is 12.6. The van der Waals surface area contributed by atoms with Crippen LogP contribution in [-0.2, 0) is 19.1 Å². The van der Waals surface area contributed by atoms with Gasteiger partial charge in [0.2, 0.25) is 5.79 Å². The molecule has 2 spiro atoms. The van der Waals surface area contributed by atoms with Crippen LogP contribution in [0.25, 0.3) is 0 Å². The number of carbonyl (C=O) groups is 2. The number of ketones is 2. The lowest BCUT2D eigenvalue weighted by Gasteiger charge is -2.81. The monoisotopic (exact) mass is 416 g/mol. The Balaban J connectivity index is 1.64. The highest BCUT2D eigenvalue weighted by Gasteiger charge is 2.91. The van der Waals surface area contributed by atoms with E-state index in [1.807, 2.05) is 6.92 Å². The smallest absolute Gasteiger partial charge is 0.211 e. The van der Waals surface area contributed by atoms with Crippen LogP contribution in [0.2, 0.25) is 0 Å². The van der Waals surface area contributed by atoms with E-state index in [4.69, 9.17) is 9.47 Å². The van der Waals surface area contributed by atoms with Gasteiger partial charge in [-0.1, -0.05) is 19.4 Å². The van der Waals surface area contributed by atoms with E-state index in [1.165, 1.54) is 13.8 Å². The average Bonchev–Trinajstić information content (AvgIpc) is 2.63. The quantitative estimate of drug-likeness (QED) is 0.672. The Morgan fingerprint density at radius 2 is 1.90 bits per heavy atom. The first kappa shape index (κ1) is 19.6. The Hall–Kier alpha value is -1.08. The maximum Gasteiger partial charge on any atom is 0.211 e. The van der Waals surface area contributed by atoms with Gasteiger partial charge in [0.05, 0.1) is 12.0 Å². The number of allylic oxidation sites excluding steroid dienone is 2. The molecule has 2 N–H and O–H groups in total. The molecule has 7 aliphatic rings. The van der Waals surface area contributed by atoms with Crippen molar-refractivity contribution in [3.05, 3.63) is 11.1 Å². The minimum absolute atomic E-state index is 0.0250. The number of hydrogen-bond donors (Lipinski definition) is 2. The van der Waals surface area contributed by atoms with E-state index in [-0.39, 0.29) is 47.3 Å².